The lowest BCUT2D eigenvalue weighted by atomic mass is 10.1. The first-order valence-corrected chi connectivity index (χ1v) is 8.87. The van der Waals surface area contributed by atoms with Gasteiger partial charge in [-0.3, -0.25) is 19.8 Å². The van der Waals surface area contributed by atoms with Gasteiger partial charge in [0, 0.05) is 49.4 Å². The summed E-state index contributed by atoms with van der Waals surface area (Å²) >= 11 is 5.91. The summed E-state index contributed by atoms with van der Waals surface area (Å²) in [5.41, 5.74) is 1.66. The molecule has 0 bridgehead atoms. The highest BCUT2D eigenvalue weighted by Gasteiger charge is 2.23. The van der Waals surface area contributed by atoms with Crippen molar-refractivity contribution in [3.05, 3.63) is 74.8 Å². The van der Waals surface area contributed by atoms with Crippen LogP contribution in [0.2, 0.25) is 5.02 Å². The van der Waals surface area contributed by atoms with Crippen LogP contribution in [0.3, 0.4) is 0 Å². The van der Waals surface area contributed by atoms with Gasteiger partial charge in [0.2, 0.25) is 5.91 Å². The molecule has 1 amide bonds. The van der Waals surface area contributed by atoms with E-state index in [9.17, 15) is 14.9 Å². The first-order chi connectivity index (χ1) is 12.5. The van der Waals surface area contributed by atoms with E-state index in [1.807, 2.05) is 24.3 Å². The quantitative estimate of drug-likeness (QED) is 0.596. The fourth-order valence-electron chi connectivity index (χ4n) is 3.12. The van der Waals surface area contributed by atoms with Gasteiger partial charge in [-0.1, -0.05) is 41.9 Å². The van der Waals surface area contributed by atoms with E-state index < -0.39 is 4.92 Å². The van der Waals surface area contributed by atoms with Crippen molar-refractivity contribution < 1.29 is 9.72 Å². The summed E-state index contributed by atoms with van der Waals surface area (Å²) in [5, 5.41) is 11.8. The van der Waals surface area contributed by atoms with Crippen molar-refractivity contribution in [3.8, 4) is 0 Å². The Hall–Kier alpha value is -2.44. The number of benzene rings is 2. The van der Waals surface area contributed by atoms with Crippen LogP contribution in [0.25, 0.3) is 0 Å². The highest BCUT2D eigenvalue weighted by atomic mass is 35.5. The number of rotatable bonds is 5. The second-order valence-electron chi connectivity index (χ2n) is 6.35. The van der Waals surface area contributed by atoms with Crippen LogP contribution in [-0.4, -0.2) is 46.8 Å². The summed E-state index contributed by atoms with van der Waals surface area (Å²) in [4.78, 5) is 27.2. The maximum atomic E-state index is 12.5. The maximum absolute atomic E-state index is 12.5. The molecule has 3 rings (SSSR count). The molecule has 136 valence electrons. The Morgan fingerprint density at radius 1 is 1.04 bits per heavy atom. The molecule has 0 unspecified atom stereocenters. The Kier molecular flexibility index (Phi) is 5.85. The van der Waals surface area contributed by atoms with Gasteiger partial charge in [-0.05, 0) is 17.7 Å². The van der Waals surface area contributed by atoms with Crippen LogP contribution in [0.1, 0.15) is 11.1 Å². The normalized spacial score (nSPS) is 15.0. The van der Waals surface area contributed by atoms with Crippen LogP contribution in [-0.2, 0) is 17.8 Å². The van der Waals surface area contributed by atoms with E-state index in [1.54, 1.807) is 23.1 Å². The van der Waals surface area contributed by atoms with Crippen molar-refractivity contribution in [2.75, 3.05) is 26.2 Å². The van der Waals surface area contributed by atoms with E-state index in [2.05, 4.69) is 4.90 Å². The van der Waals surface area contributed by atoms with E-state index in [0.29, 0.717) is 18.7 Å². The van der Waals surface area contributed by atoms with Gasteiger partial charge in [0.05, 0.1) is 11.3 Å². The Morgan fingerprint density at radius 3 is 2.35 bits per heavy atom. The Labute approximate surface area is 157 Å². The minimum absolute atomic E-state index is 0.00206. The molecule has 1 aliphatic rings. The Morgan fingerprint density at radius 2 is 1.69 bits per heavy atom. The van der Waals surface area contributed by atoms with E-state index in [0.717, 1.165) is 24.7 Å². The third-order valence-corrected chi connectivity index (χ3v) is 4.83. The molecule has 1 aliphatic heterocycles. The lowest BCUT2D eigenvalue weighted by Gasteiger charge is -2.34. The molecule has 1 saturated heterocycles. The van der Waals surface area contributed by atoms with Crippen molar-refractivity contribution in [1.29, 1.82) is 0 Å². The lowest BCUT2D eigenvalue weighted by molar-refractivity contribution is -0.385. The van der Waals surface area contributed by atoms with Gasteiger partial charge >= 0.3 is 0 Å². The van der Waals surface area contributed by atoms with Crippen LogP contribution in [0.15, 0.2) is 48.5 Å². The number of carbonyl (C=O) groups excluding carboxylic acids is 1. The second-order valence-corrected chi connectivity index (χ2v) is 6.78. The molecule has 7 heteroatoms. The summed E-state index contributed by atoms with van der Waals surface area (Å²) in [6, 6.07) is 14.2. The molecular formula is C19H20ClN3O3. The van der Waals surface area contributed by atoms with Gasteiger partial charge in [0.25, 0.3) is 5.69 Å². The van der Waals surface area contributed by atoms with Crippen LogP contribution in [0, 0.1) is 10.1 Å². The summed E-state index contributed by atoms with van der Waals surface area (Å²) < 4.78 is 0. The number of para-hydroxylation sites is 1. The standard InChI is InChI=1S/C19H20ClN3O3/c20-17-7-5-15(6-8-17)14-21-9-11-22(12-10-21)19(24)13-16-3-1-2-4-18(16)23(25)26/h1-8H,9-14H2. The average molecular weight is 374 g/mol. The Balaban J connectivity index is 1.54. The molecule has 0 N–H and O–H groups in total. The predicted octanol–water partition coefficient (Wildman–Crippen LogP) is 3.14. The first kappa shape index (κ1) is 18.4. The summed E-state index contributed by atoms with van der Waals surface area (Å²) in [6.45, 7) is 3.65. The zero-order valence-corrected chi connectivity index (χ0v) is 15.1. The lowest BCUT2D eigenvalue weighted by Crippen LogP contribution is -2.48. The van der Waals surface area contributed by atoms with Crippen molar-refractivity contribution in [1.82, 2.24) is 9.80 Å². The average Bonchev–Trinajstić information content (AvgIpc) is 2.64. The second kappa shape index (κ2) is 8.29. The van der Waals surface area contributed by atoms with Crippen LogP contribution in [0.4, 0.5) is 5.69 Å². The summed E-state index contributed by atoms with van der Waals surface area (Å²) in [5.74, 6) is -0.0644. The van der Waals surface area contributed by atoms with Crippen LogP contribution >= 0.6 is 11.6 Å². The van der Waals surface area contributed by atoms with Crippen molar-refractivity contribution in [3.63, 3.8) is 0 Å². The van der Waals surface area contributed by atoms with E-state index >= 15 is 0 Å². The fourth-order valence-corrected chi connectivity index (χ4v) is 3.24. The molecule has 6 nitrogen and oxygen atoms in total. The van der Waals surface area contributed by atoms with Crippen LogP contribution < -0.4 is 0 Å². The fraction of sp³-hybridized carbons (Fsp3) is 0.316. The van der Waals surface area contributed by atoms with Crippen molar-refractivity contribution >= 4 is 23.2 Å². The van der Waals surface area contributed by atoms with Gasteiger partial charge in [-0.25, -0.2) is 0 Å². The molecule has 2 aromatic rings. The number of piperazine rings is 1. The topological polar surface area (TPSA) is 66.7 Å². The SMILES string of the molecule is O=C(Cc1ccccc1[N+](=O)[O-])N1CCN(Cc2ccc(Cl)cc2)CC1. The molecule has 0 aromatic heterocycles. The largest absolute Gasteiger partial charge is 0.340 e. The highest BCUT2D eigenvalue weighted by molar-refractivity contribution is 6.30. The number of nitro groups is 1. The number of hydrogen-bond acceptors (Lipinski definition) is 4. The molecule has 2 aromatic carbocycles. The number of nitro benzene ring substituents is 1. The zero-order chi connectivity index (χ0) is 18.5. The number of nitrogens with zero attached hydrogens (tertiary/aromatic N) is 3. The minimum atomic E-state index is -0.438. The monoisotopic (exact) mass is 373 g/mol. The summed E-state index contributed by atoms with van der Waals surface area (Å²) in [6.07, 6.45) is 0.0638. The molecule has 26 heavy (non-hydrogen) atoms. The predicted molar refractivity (Wildman–Crippen MR) is 100 cm³/mol. The number of amides is 1. The minimum Gasteiger partial charge on any atom is -0.340 e. The van der Waals surface area contributed by atoms with Crippen LogP contribution in [0.5, 0.6) is 0 Å². The molecule has 0 aliphatic carbocycles. The third-order valence-electron chi connectivity index (χ3n) is 4.57. The van der Waals surface area contributed by atoms with Crippen molar-refractivity contribution in [2.45, 2.75) is 13.0 Å². The van der Waals surface area contributed by atoms with Crippen molar-refractivity contribution in [2.24, 2.45) is 0 Å². The van der Waals surface area contributed by atoms with E-state index in [1.165, 1.54) is 11.6 Å². The van der Waals surface area contributed by atoms with Gasteiger partial charge in [-0.2, -0.15) is 0 Å². The van der Waals surface area contributed by atoms with E-state index in [4.69, 9.17) is 11.6 Å². The molecule has 1 fully saturated rings. The Bertz CT molecular complexity index is 787. The van der Waals surface area contributed by atoms with Gasteiger partial charge < -0.3 is 4.90 Å². The first-order valence-electron chi connectivity index (χ1n) is 8.50. The smallest absolute Gasteiger partial charge is 0.273 e. The molecule has 0 radical (unpaired) electrons. The highest BCUT2D eigenvalue weighted by Crippen LogP contribution is 2.19. The maximum Gasteiger partial charge on any atom is 0.273 e. The third kappa shape index (κ3) is 4.59. The van der Waals surface area contributed by atoms with Gasteiger partial charge in [-0.15, -0.1) is 0 Å². The molecular weight excluding hydrogens is 354 g/mol. The molecule has 0 saturated carbocycles. The number of carbonyl (C=O) groups is 1. The summed E-state index contributed by atoms with van der Waals surface area (Å²) in [7, 11) is 0. The molecule has 0 spiro atoms. The number of halogens is 1. The number of hydrogen-bond donors (Lipinski definition) is 0. The molecule has 1 heterocycles. The zero-order valence-electron chi connectivity index (χ0n) is 14.3. The van der Waals surface area contributed by atoms with Gasteiger partial charge in [0.1, 0.15) is 0 Å². The van der Waals surface area contributed by atoms with E-state index in [-0.39, 0.29) is 18.0 Å². The molecule has 0 atom stereocenters. The van der Waals surface area contributed by atoms with Gasteiger partial charge in [0.15, 0.2) is 0 Å².